The Balaban J connectivity index is 1.87. The lowest BCUT2D eigenvalue weighted by Crippen LogP contribution is -2.66. The van der Waals surface area contributed by atoms with Crippen LogP contribution in [0, 0.1) is 0 Å². The highest BCUT2D eigenvalue weighted by molar-refractivity contribution is 5.84. The molecular weight excluding hydrogens is 311 g/mol. The Labute approximate surface area is 131 Å². The van der Waals surface area contributed by atoms with E-state index < -0.39 is 23.6 Å². The average molecular weight is 327 g/mol. The Morgan fingerprint density at radius 2 is 1.74 bits per heavy atom. The van der Waals surface area contributed by atoms with Gasteiger partial charge in [0.1, 0.15) is 11.3 Å². The molecule has 2 fully saturated rings. The number of rotatable bonds is 0. The van der Waals surface area contributed by atoms with Gasteiger partial charge in [0.05, 0.1) is 0 Å². The van der Waals surface area contributed by atoms with Crippen LogP contribution in [0.4, 0.5) is 13.2 Å². The minimum Gasteiger partial charge on any atom is -0.432 e. The third kappa shape index (κ3) is 1.86. The van der Waals surface area contributed by atoms with Gasteiger partial charge in [0.25, 0.3) is 0 Å². The molecule has 1 saturated heterocycles. The molecule has 4 rings (SSSR count). The van der Waals surface area contributed by atoms with E-state index >= 15 is 0 Å². The zero-order valence-corrected chi connectivity index (χ0v) is 12.4. The third-order valence-corrected chi connectivity index (χ3v) is 5.07. The monoisotopic (exact) mass is 327 g/mol. The van der Waals surface area contributed by atoms with E-state index in [1.165, 1.54) is 6.07 Å². The van der Waals surface area contributed by atoms with E-state index in [-0.39, 0.29) is 12.3 Å². The highest BCUT2D eigenvalue weighted by Crippen LogP contribution is 2.54. The van der Waals surface area contributed by atoms with Gasteiger partial charge in [-0.15, -0.1) is 0 Å². The summed E-state index contributed by atoms with van der Waals surface area (Å²) in [6.45, 7) is -0.0125. The van der Waals surface area contributed by atoms with Gasteiger partial charge in [0, 0.05) is 12.1 Å². The SMILES string of the molecule is O=C1O[C@@]2(C(F)(F)F)Oc3ccccc3CN2C12CCCCC2. The number of hydrogen-bond donors (Lipinski definition) is 0. The first-order valence-corrected chi connectivity index (χ1v) is 7.74. The van der Waals surface area contributed by atoms with Gasteiger partial charge in [-0.3, -0.25) is 0 Å². The summed E-state index contributed by atoms with van der Waals surface area (Å²) in [5.41, 5.74) is -0.600. The Morgan fingerprint density at radius 3 is 2.43 bits per heavy atom. The van der Waals surface area contributed by atoms with E-state index in [0.717, 1.165) is 11.3 Å². The Kier molecular flexibility index (Phi) is 2.98. The number of carbonyl (C=O) groups excluding carboxylic acids is 1. The molecule has 2 aliphatic heterocycles. The van der Waals surface area contributed by atoms with Gasteiger partial charge >= 0.3 is 18.1 Å². The lowest BCUT2D eigenvalue weighted by atomic mass is 9.80. The van der Waals surface area contributed by atoms with Crippen LogP contribution in [0.1, 0.15) is 37.7 Å². The predicted molar refractivity (Wildman–Crippen MR) is 73.3 cm³/mol. The number of carbonyl (C=O) groups is 1. The molecule has 1 spiro atoms. The summed E-state index contributed by atoms with van der Waals surface area (Å²) in [5, 5.41) is 0. The van der Waals surface area contributed by atoms with E-state index in [1.54, 1.807) is 18.2 Å². The molecule has 3 aliphatic rings. The maximum absolute atomic E-state index is 13.8. The quantitative estimate of drug-likeness (QED) is 0.685. The number of esters is 1. The number of hydrogen-bond acceptors (Lipinski definition) is 4. The van der Waals surface area contributed by atoms with Gasteiger partial charge in [-0.2, -0.15) is 13.2 Å². The standard InChI is InChI=1S/C16H16F3NO3/c17-15(18,19)16-20(10-11-6-2-3-7-12(11)22-16)14(13(21)23-16)8-4-1-5-9-14/h2-3,6-7H,1,4-5,8-10H2/t16-/m1/s1. The first kappa shape index (κ1) is 14.8. The summed E-state index contributed by atoms with van der Waals surface area (Å²) < 4.78 is 51.7. The molecular formula is C16H16F3NO3. The molecule has 2 heterocycles. The van der Waals surface area contributed by atoms with Crippen LogP contribution in [0.25, 0.3) is 0 Å². The molecule has 1 atom stereocenters. The summed E-state index contributed by atoms with van der Waals surface area (Å²) in [6.07, 6.45) is -1.76. The molecule has 4 nitrogen and oxygen atoms in total. The highest BCUT2D eigenvalue weighted by Gasteiger charge is 2.77. The van der Waals surface area contributed by atoms with Crippen molar-refractivity contribution in [2.75, 3.05) is 0 Å². The second kappa shape index (κ2) is 4.63. The number of alkyl halides is 3. The Morgan fingerprint density at radius 1 is 1.04 bits per heavy atom. The largest absolute Gasteiger partial charge is 0.486 e. The van der Waals surface area contributed by atoms with Gasteiger partial charge in [0.2, 0.25) is 0 Å². The fourth-order valence-corrected chi connectivity index (χ4v) is 3.93. The van der Waals surface area contributed by atoms with E-state index in [0.29, 0.717) is 31.2 Å². The van der Waals surface area contributed by atoms with E-state index in [4.69, 9.17) is 9.47 Å². The van der Waals surface area contributed by atoms with Crippen LogP contribution >= 0.6 is 0 Å². The van der Waals surface area contributed by atoms with Crippen LogP contribution < -0.4 is 4.74 Å². The highest BCUT2D eigenvalue weighted by atomic mass is 19.4. The number of ether oxygens (including phenoxy) is 2. The van der Waals surface area contributed by atoms with Crippen LogP contribution in [0.15, 0.2) is 24.3 Å². The van der Waals surface area contributed by atoms with Gasteiger partial charge in [-0.25, -0.2) is 9.69 Å². The van der Waals surface area contributed by atoms with Crippen molar-refractivity contribution in [3.05, 3.63) is 29.8 Å². The van der Waals surface area contributed by atoms with E-state index in [2.05, 4.69) is 0 Å². The lowest BCUT2D eigenvalue weighted by molar-refractivity contribution is -0.387. The van der Waals surface area contributed by atoms with Crippen LogP contribution in [-0.4, -0.2) is 28.5 Å². The van der Waals surface area contributed by atoms with E-state index in [1.807, 2.05) is 0 Å². The van der Waals surface area contributed by atoms with E-state index in [9.17, 15) is 18.0 Å². The number of nitrogens with zero attached hydrogens (tertiary/aromatic N) is 1. The van der Waals surface area contributed by atoms with Crippen molar-refractivity contribution in [2.24, 2.45) is 0 Å². The maximum Gasteiger partial charge on any atom is 0.486 e. The number of benzene rings is 1. The minimum absolute atomic E-state index is 0.0125. The fraction of sp³-hybridized carbons (Fsp3) is 0.562. The number of halogens is 3. The van der Waals surface area contributed by atoms with Gasteiger partial charge < -0.3 is 9.47 Å². The van der Waals surface area contributed by atoms with Crippen molar-refractivity contribution in [1.82, 2.24) is 4.90 Å². The number of fused-ring (bicyclic) bond motifs is 3. The molecule has 124 valence electrons. The van der Waals surface area contributed by atoms with Gasteiger partial charge in [0.15, 0.2) is 0 Å². The average Bonchev–Trinajstić information content (AvgIpc) is 2.75. The summed E-state index contributed by atoms with van der Waals surface area (Å²) in [6, 6.07) is 6.54. The molecule has 1 aromatic carbocycles. The van der Waals surface area contributed by atoms with Crippen molar-refractivity contribution in [3.8, 4) is 5.75 Å². The van der Waals surface area contributed by atoms with Gasteiger partial charge in [-0.1, -0.05) is 37.5 Å². The summed E-state index contributed by atoms with van der Waals surface area (Å²) in [4.78, 5) is 13.6. The first-order valence-electron chi connectivity index (χ1n) is 7.74. The van der Waals surface area contributed by atoms with Crippen molar-refractivity contribution >= 4 is 5.97 Å². The van der Waals surface area contributed by atoms with Gasteiger partial charge in [-0.05, 0) is 18.9 Å². The molecule has 0 unspecified atom stereocenters. The Hall–Kier alpha value is -1.76. The summed E-state index contributed by atoms with van der Waals surface area (Å²) in [7, 11) is 0. The smallest absolute Gasteiger partial charge is 0.432 e. The Bertz CT molecular complexity index is 654. The zero-order valence-electron chi connectivity index (χ0n) is 12.4. The molecule has 1 aliphatic carbocycles. The van der Waals surface area contributed by atoms with Crippen LogP contribution in [-0.2, 0) is 16.1 Å². The third-order valence-electron chi connectivity index (χ3n) is 5.07. The normalized spacial score (nSPS) is 29.6. The second-order valence-corrected chi connectivity index (χ2v) is 6.36. The molecule has 0 N–H and O–H groups in total. The molecule has 7 heteroatoms. The molecule has 23 heavy (non-hydrogen) atoms. The molecule has 1 saturated carbocycles. The van der Waals surface area contributed by atoms with Crippen molar-refractivity contribution in [1.29, 1.82) is 0 Å². The fourth-order valence-electron chi connectivity index (χ4n) is 3.93. The topological polar surface area (TPSA) is 38.8 Å². The maximum atomic E-state index is 13.8. The molecule has 0 amide bonds. The summed E-state index contributed by atoms with van der Waals surface area (Å²) in [5.74, 6) is -3.71. The summed E-state index contributed by atoms with van der Waals surface area (Å²) >= 11 is 0. The molecule has 1 aromatic rings. The predicted octanol–water partition coefficient (Wildman–Crippen LogP) is 3.36. The zero-order chi connectivity index (χ0) is 16.3. The van der Waals surface area contributed by atoms with Crippen molar-refractivity contribution < 1.29 is 27.4 Å². The van der Waals surface area contributed by atoms with Crippen LogP contribution in [0.5, 0.6) is 5.75 Å². The molecule has 0 bridgehead atoms. The second-order valence-electron chi connectivity index (χ2n) is 6.36. The van der Waals surface area contributed by atoms with Crippen molar-refractivity contribution in [2.45, 2.75) is 56.3 Å². The van der Waals surface area contributed by atoms with Crippen LogP contribution in [0.2, 0.25) is 0 Å². The van der Waals surface area contributed by atoms with Crippen molar-refractivity contribution in [3.63, 3.8) is 0 Å². The van der Waals surface area contributed by atoms with Crippen LogP contribution in [0.3, 0.4) is 0 Å². The lowest BCUT2D eigenvalue weighted by Gasteiger charge is -2.46. The first-order chi connectivity index (χ1) is 10.9. The minimum atomic E-state index is -4.84. The molecule has 0 aromatic heterocycles. The number of para-hydroxylation sites is 1. The molecule has 0 radical (unpaired) electrons.